The molecular formula is C39H47N3O5. The van der Waals surface area contributed by atoms with Crippen molar-refractivity contribution < 1.29 is 24.2 Å². The highest BCUT2D eigenvalue weighted by molar-refractivity contribution is 6.00. The molecule has 248 valence electrons. The van der Waals surface area contributed by atoms with Crippen LogP contribution in [0.5, 0.6) is 5.75 Å². The minimum atomic E-state index is -1.04. The Morgan fingerprint density at radius 3 is 2.15 bits per heavy atom. The Bertz CT molecular complexity index is 1620. The number of unbranched alkanes of at least 4 members (excludes halogenated alkanes) is 4. The Labute approximate surface area is 278 Å². The van der Waals surface area contributed by atoms with Crippen molar-refractivity contribution in [3.8, 4) is 5.75 Å². The van der Waals surface area contributed by atoms with Crippen molar-refractivity contribution in [2.24, 2.45) is 0 Å². The summed E-state index contributed by atoms with van der Waals surface area (Å²) in [5.41, 5.74) is 1.24. The predicted molar refractivity (Wildman–Crippen MR) is 187 cm³/mol. The molecule has 0 fully saturated rings. The van der Waals surface area contributed by atoms with E-state index in [2.05, 4.69) is 17.6 Å². The molecule has 0 aromatic heterocycles. The van der Waals surface area contributed by atoms with Crippen LogP contribution in [0.1, 0.15) is 77.0 Å². The first-order valence-corrected chi connectivity index (χ1v) is 16.5. The molecule has 0 radical (unpaired) electrons. The molecule has 47 heavy (non-hydrogen) atoms. The summed E-state index contributed by atoms with van der Waals surface area (Å²) >= 11 is 0. The molecule has 0 aliphatic carbocycles. The summed E-state index contributed by atoms with van der Waals surface area (Å²) in [5, 5.41) is 17.8. The van der Waals surface area contributed by atoms with Crippen molar-refractivity contribution in [2.75, 3.05) is 11.9 Å². The largest absolute Gasteiger partial charge is 0.508 e. The number of nitrogens with zero attached hydrogens (tertiary/aromatic N) is 1. The molecule has 3 N–H and O–H groups in total. The fourth-order valence-corrected chi connectivity index (χ4v) is 5.56. The van der Waals surface area contributed by atoms with E-state index < -0.39 is 29.7 Å². The zero-order valence-electron chi connectivity index (χ0n) is 27.9. The van der Waals surface area contributed by atoms with Gasteiger partial charge in [-0.15, -0.1) is 0 Å². The number of alkyl carbamates (subject to hydrolysis) is 1. The van der Waals surface area contributed by atoms with Crippen molar-refractivity contribution in [3.63, 3.8) is 0 Å². The van der Waals surface area contributed by atoms with Gasteiger partial charge in [0, 0.05) is 18.7 Å². The first kappa shape index (κ1) is 35.0. The van der Waals surface area contributed by atoms with Gasteiger partial charge in [-0.05, 0) is 73.4 Å². The number of rotatable bonds is 14. The van der Waals surface area contributed by atoms with E-state index in [0.717, 1.165) is 42.0 Å². The second-order valence-corrected chi connectivity index (χ2v) is 12.9. The molecule has 4 aromatic carbocycles. The number of phenols is 1. The molecule has 3 amide bonds. The number of amides is 3. The quantitative estimate of drug-likeness (QED) is 0.121. The maximum atomic E-state index is 14.7. The van der Waals surface area contributed by atoms with Crippen molar-refractivity contribution in [3.05, 3.63) is 108 Å². The summed E-state index contributed by atoms with van der Waals surface area (Å²) in [5.74, 6) is -0.657. The van der Waals surface area contributed by atoms with Gasteiger partial charge in [0.05, 0.1) is 0 Å². The van der Waals surface area contributed by atoms with Crippen LogP contribution in [0.2, 0.25) is 0 Å². The highest BCUT2D eigenvalue weighted by Crippen LogP contribution is 2.27. The summed E-state index contributed by atoms with van der Waals surface area (Å²) in [7, 11) is 0. The third-order valence-corrected chi connectivity index (χ3v) is 7.84. The Kier molecular flexibility index (Phi) is 12.4. The van der Waals surface area contributed by atoms with Gasteiger partial charge in [-0.25, -0.2) is 4.79 Å². The van der Waals surface area contributed by atoms with Gasteiger partial charge in [0.25, 0.3) is 5.91 Å². The Balaban J connectivity index is 1.72. The van der Waals surface area contributed by atoms with Crippen LogP contribution >= 0.6 is 0 Å². The molecule has 0 heterocycles. The second-order valence-electron chi connectivity index (χ2n) is 12.9. The van der Waals surface area contributed by atoms with E-state index in [1.54, 1.807) is 49.9 Å². The average Bonchev–Trinajstić information content (AvgIpc) is 3.04. The number of nitrogens with one attached hydrogen (secondary N) is 2. The molecule has 0 aliphatic rings. The van der Waals surface area contributed by atoms with Crippen LogP contribution < -0.4 is 10.6 Å². The molecule has 8 heteroatoms. The van der Waals surface area contributed by atoms with Crippen molar-refractivity contribution in [2.45, 2.75) is 83.9 Å². The third-order valence-electron chi connectivity index (χ3n) is 7.84. The minimum absolute atomic E-state index is 0.0972. The lowest BCUT2D eigenvalue weighted by atomic mass is 9.99. The van der Waals surface area contributed by atoms with Gasteiger partial charge in [-0.2, -0.15) is 0 Å². The number of carbonyl (C=O) groups is 3. The molecular weight excluding hydrogens is 590 g/mol. The van der Waals surface area contributed by atoms with Crippen LogP contribution in [-0.4, -0.2) is 46.1 Å². The van der Waals surface area contributed by atoms with Crippen LogP contribution in [0, 0.1) is 0 Å². The fraction of sp³-hybridized carbons (Fsp3) is 0.359. The zero-order valence-corrected chi connectivity index (χ0v) is 27.9. The molecule has 0 aliphatic heterocycles. The zero-order chi connectivity index (χ0) is 33.8. The minimum Gasteiger partial charge on any atom is -0.508 e. The maximum Gasteiger partial charge on any atom is 0.408 e. The molecule has 0 saturated carbocycles. The number of benzene rings is 4. The maximum absolute atomic E-state index is 14.7. The first-order valence-electron chi connectivity index (χ1n) is 16.5. The number of hydrogen-bond acceptors (Lipinski definition) is 5. The second kappa shape index (κ2) is 16.6. The molecule has 2 atom stereocenters. The van der Waals surface area contributed by atoms with Crippen molar-refractivity contribution in [1.82, 2.24) is 10.2 Å². The average molecular weight is 638 g/mol. The Morgan fingerprint density at radius 2 is 1.47 bits per heavy atom. The number of carbonyl (C=O) groups excluding carboxylic acids is 3. The van der Waals surface area contributed by atoms with E-state index in [0.29, 0.717) is 24.2 Å². The van der Waals surface area contributed by atoms with Crippen LogP contribution in [0.3, 0.4) is 0 Å². The molecule has 0 saturated heterocycles. The summed E-state index contributed by atoms with van der Waals surface area (Å²) in [4.78, 5) is 43.7. The van der Waals surface area contributed by atoms with Gasteiger partial charge < -0.3 is 25.4 Å². The fourth-order valence-electron chi connectivity index (χ4n) is 5.56. The molecule has 0 bridgehead atoms. The number of anilines is 1. The first-order chi connectivity index (χ1) is 22.5. The number of aromatic hydroxyl groups is 1. The number of ether oxygens (including phenoxy) is 1. The highest BCUT2D eigenvalue weighted by Gasteiger charge is 2.36. The van der Waals surface area contributed by atoms with E-state index >= 15 is 0 Å². The van der Waals surface area contributed by atoms with E-state index in [4.69, 9.17) is 4.74 Å². The summed E-state index contributed by atoms with van der Waals surface area (Å²) < 4.78 is 5.55. The number of phenolic OH excluding ortho intramolecular Hbond substituents is 1. The highest BCUT2D eigenvalue weighted by atomic mass is 16.6. The van der Waals surface area contributed by atoms with Gasteiger partial charge in [0.2, 0.25) is 5.91 Å². The van der Waals surface area contributed by atoms with Crippen molar-refractivity contribution >= 4 is 34.4 Å². The summed E-state index contributed by atoms with van der Waals surface area (Å²) in [6, 6.07) is 27.4. The summed E-state index contributed by atoms with van der Waals surface area (Å²) in [6.45, 7) is 7.74. The van der Waals surface area contributed by atoms with Crippen LogP contribution in [-0.2, 0) is 20.7 Å². The van der Waals surface area contributed by atoms with Gasteiger partial charge in [-0.1, -0.05) is 105 Å². The van der Waals surface area contributed by atoms with E-state index in [1.807, 2.05) is 72.8 Å². The molecule has 8 nitrogen and oxygen atoms in total. The lowest BCUT2D eigenvalue weighted by Gasteiger charge is -2.34. The van der Waals surface area contributed by atoms with Crippen molar-refractivity contribution in [1.29, 1.82) is 0 Å². The van der Waals surface area contributed by atoms with Crippen LogP contribution in [0.15, 0.2) is 97.1 Å². The SMILES string of the molecule is CCCCCCCN(C(=O)C(Cc1ccc(O)cc1)NC(=O)OC(C)(C)C)C(C(=O)Nc1ccc2ccccc2c1)c1ccccc1. The molecule has 4 rings (SSSR count). The van der Waals surface area contributed by atoms with Gasteiger partial charge in [-0.3, -0.25) is 9.59 Å². The van der Waals surface area contributed by atoms with Crippen LogP contribution in [0.25, 0.3) is 10.8 Å². The number of fused-ring (bicyclic) bond motifs is 1. The van der Waals surface area contributed by atoms with Crippen LogP contribution in [0.4, 0.5) is 10.5 Å². The summed E-state index contributed by atoms with van der Waals surface area (Å²) in [6.07, 6.45) is 4.18. The van der Waals surface area contributed by atoms with Gasteiger partial charge in [0.1, 0.15) is 23.4 Å². The normalized spacial score (nSPS) is 12.6. The molecule has 2 unspecified atom stereocenters. The molecule has 4 aromatic rings. The third kappa shape index (κ3) is 10.6. The predicted octanol–water partition coefficient (Wildman–Crippen LogP) is 8.16. The Morgan fingerprint density at radius 1 is 0.809 bits per heavy atom. The monoisotopic (exact) mass is 637 g/mol. The Hall–Kier alpha value is -4.85. The standard InChI is InChI=1S/C39H47N3O5/c1-5-6-7-8-14-25-42(37(45)34(41-38(46)47-39(2,3)4)26-28-19-23-33(43)24-20-28)35(30-16-10-9-11-17-30)36(44)40-32-22-21-29-15-12-13-18-31(29)27-32/h9-13,15-24,27,34-35,43H,5-8,14,25-26H2,1-4H3,(H,40,44)(H,41,46). The molecule has 0 spiro atoms. The van der Waals surface area contributed by atoms with E-state index in [1.165, 1.54) is 0 Å². The lowest BCUT2D eigenvalue weighted by Crippen LogP contribution is -2.53. The number of hydrogen-bond donors (Lipinski definition) is 3. The topological polar surface area (TPSA) is 108 Å². The van der Waals surface area contributed by atoms with E-state index in [9.17, 15) is 19.5 Å². The lowest BCUT2D eigenvalue weighted by molar-refractivity contribution is -0.140. The van der Waals surface area contributed by atoms with Gasteiger partial charge >= 0.3 is 6.09 Å². The van der Waals surface area contributed by atoms with Gasteiger partial charge in [0.15, 0.2) is 0 Å². The van der Waals surface area contributed by atoms with E-state index in [-0.39, 0.29) is 18.1 Å². The smallest absolute Gasteiger partial charge is 0.408 e.